The minimum Gasteiger partial charge on any atom is -0.370 e. The van der Waals surface area contributed by atoms with E-state index in [-0.39, 0.29) is 5.91 Å². The van der Waals surface area contributed by atoms with Crippen molar-refractivity contribution in [3.63, 3.8) is 0 Å². The number of carbonyl (C=O) groups excluding carboxylic acids is 1. The Bertz CT molecular complexity index is 625. The largest absolute Gasteiger partial charge is 0.370 e. The molecular weight excluding hydrogens is 262 g/mol. The van der Waals surface area contributed by atoms with Crippen LogP contribution in [0.3, 0.4) is 0 Å². The zero-order chi connectivity index (χ0) is 15.2. The van der Waals surface area contributed by atoms with Gasteiger partial charge in [-0.05, 0) is 44.5 Å². The molecule has 0 atom stereocenters. The van der Waals surface area contributed by atoms with Crippen LogP contribution in [0.15, 0.2) is 42.6 Å². The summed E-state index contributed by atoms with van der Waals surface area (Å²) < 4.78 is 0. The number of carbonyl (C=O) groups is 1. The van der Waals surface area contributed by atoms with Crippen molar-refractivity contribution in [3.8, 4) is 0 Å². The zero-order valence-electron chi connectivity index (χ0n) is 12.8. The van der Waals surface area contributed by atoms with E-state index in [1.165, 1.54) is 0 Å². The fraction of sp³-hybridized carbons (Fsp3) is 0.294. The van der Waals surface area contributed by atoms with Gasteiger partial charge in [0.2, 0.25) is 0 Å². The topological polar surface area (TPSA) is 45.2 Å². The van der Waals surface area contributed by atoms with Gasteiger partial charge in [-0.25, -0.2) is 4.98 Å². The molecule has 0 fully saturated rings. The second-order valence-corrected chi connectivity index (χ2v) is 4.77. The van der Waals surface area contributed by atoms with Gasteiger partial charge in [0.15, 0.2) is 0 Å². The molecule has 21 heavy (non-hydrogen) atoms. The van der Waals surface area contributed by atoms with Crippen LogP contribution in [-0.2, 0) is 0 Å². The van der Waals surface area contributed by atoms with E-state index >= 15 is 0 Å². The number of benzene rings is 1. The quantitative estimate of drug-likeness (QED) is 0.913. The van der Waals surface area contributed by atoms with Gasteiger partial charge < -0.3 is 10.2 Å². The number of hydrogen-bond donors (Lipinski definition) is 1. The molecule has 0 unspecified atom stereocenters. The third-order valence-corrected chi connectivity index (χ3v) is 3.35. The predicted molar refractivity (Wildman–Crippen MR) is 86.9 cm³/mol. The first-order chi connectivity index (χ1) is 10.2. The highest BCUT2D eigenvalue weighted by atomic mass is 16.2. The maximum absolute atomic E-state index is 12.9. The molecule has 0 spiro atoms. The highest BCUT2D eigenvalue weighted by Gasteiger charge is 2.20. The number of pyridine rings is 1. The molecule has 1 heterocycles. The number of hydrogen-bond acceptors (Lipinski definition) is 3. The van der Waals surface area contributed by atoms with E-state index in [1.54, 1.807) is 17.2 Å². The van der Waals surface area contributed by atoms with Crippen molar-refractivity contribution in [3.05, 3.63) is 53.7 Å². The summed E-state index contributed by atoms with van der Waals surface area (Å²) in [5.41, 5.74) is 2.63. The van der Waals surface area contributed by atoms with Gasteiger partial charge in [0.05, 0.1) is 5.56 Å². The summed E-state index contributed by atoms with van der Waals surface area (Å²) in [6.45, 7) is 7.33. The van der Waals surface area contributed by atoms with Crippen molar-refractivity contribution in [1.29, 1.82) is 0 Å². The number of nitrogens with zero attached hydrogens (tertiary/aromatic N) is 2. The summed E-state index contributed by atoms with van der Waals surface area (Å²) in [7, 11) is 0. The Morgan fingerprint density at radius 2 is 1.95 bits per heavy atom. The van der Waals surface area contributed by atoms with Gasteiger partial charge in [-0.1, -0.05) is 18.2 Å². The third kappa shape index (κ3) is 3.21. The van der Waals surface area contributed by atoms with Gasteiger partial charge in [0, 0.05) is 25.0 Å². The van der Waals surface area contributed by atoms with Crippen LogP contribution in [0.2, 0.25) is 0 Å². The number of nitrogens with one attached hydrogen (secondary N) is 1. The molecule has 0 saturated heterocycles. The molecule has 0 aliphatic rings. The second-order valence-electron chi connectivity index (χ2n) is 4.77. The average Bonchev–Trinajstić information content (AvgIpc) is 2.50. The van der Waals surface area contributed by atoms with E-state index in [2.05, 4.69) is 10.3 Å². The molecule has 1 N–H and O–H groups in total. The summed E-state index contributed by atoms with van der Waals surface area (Å²) in [5, 5.41) is 3.14. The maximum Gasteiger partial charge on any atom is 0.262 e. The van der Waals surface area contributed by atoms with Gasteiger partial charge in [0.1, 0.15) is 5.82 Å². The molecule has 1 aromatic heterocycles. The summed E-state index contributed by atoms with van der Waals surface area (Å²) in [5.74, 6) is 0.605. The number of para-hydroxylation sites is 1. The Labute approximate surface area is 125 Å². The summed E-state index contributed by atoms with van der Waals surface area (Å²) in [6, 6.07) is 11.5. The fourth-order valence-electron chi connectivity index (χ4n) is 2.32. The molecule has 0 bridgehead atoms. The lowest BCUT2D eigenvalue weighted by molar-refractivity contribution is 0.0988. The molecule has 1 amide bonds. The van der Waals surface area contributed by atoms with Crippen molar-refractivity contribution in [2.75, 3.05) is 23.3 Å². The van der Waals surface area contributed by atoms with Crippen LogP contribution in [0, 0.1) is 6.92 Å². The number of anilines is 2. The van der Waals surface area contributed by atoms with E-state index < -0.39 is 0 Å². The summed E-state index contributed by atoms with van der Waals surface area (Å²) in [6.07, 6.45) is 1.69. The van der Waals surface area contributed by atoms with Gasteiger partial charge in [0.25, 0.3) is 5.91 Å². The van der Waals surface area contributed by atoms with E-state index in [1.807, 2.05) is 51.1 Å². The maximum atomic E-state index is 12.9. The Hall–Kier alpha value is -2.36. The van der Waals surface area contributed by atoms with Crippen LogP contribution >= 0.6 is 0 Å². The fourth-order valence-corrected chi connectivity index (χ4v) is 2.32. The standard InChI is InChI=1S/C17H21N3O/c1-4-18-16-14(10-8-12-19-16)17(21)20(5-2)15-11-7-6-9-13(15)3/h6-12H,4-5H2,1-3H3,(H,18,19). The monoisotopic (exact) mass is 283 g/mol. The van der Waals surface area contributed by atoms with Crippen LogP contribution in [0.5, 0.6) is 0 Å². The Morgan fingerprint density at radius 3 is 2.62 bits per heavy atom. The molecule has 2 aromatic rings. The predicted octanol–water partition coefficient (Wildman–Crippen LogP) is 3.49. The minimum atomic E-state index is -0.0316. The van der Waals surface area contributed by atoms with Crippen molar-refractivity contribution in [2.45, 2.75) is 20.8 Å². The van der Waals surface area contributed by atoms with Crippen LogP contribution in [-0.4, -0.2) is 24.0 Å². The normalized spacial score (nSPS) is 10.2. The lowest BCUT2D eigenvalue weighted by Crippen LogP contribution is -2.32. The molecule has 0 radical (unpaired) electrons. The highest BCUT2D eigenvalue weighted by molar-refractivity contribution is 6.09. The lowest BCUT2D eigenvalue weighted by Gasteiger charge is -2.23. The van der Waals surface area contributed by atoms with E-state index in [0.717, 1.165) is 17.8 Å². The van der Waals surface area contributed by atoms with E-state index in [9.17, 15) is 4.79 Å². The number of amides is 1. The Morgan fingerprint density at radius 1 is 1.19 bits per heavy atom. The first kappa shape index (κ1) is 15.0. The molecule has 2 rings (SSSR count). The lowest BCUT2D eigenvalue weighted by atomic mass is 10.1. The first-order valence-corrected chi connectivity index (χ1v) is 7.25. The van der Waals surface area contributed by atoms with Crippen LogP contribution in [0.25, 0.3) is 0 Å². The van der Waals surface area contributed by atoms with Crippen molar-refractivity contribution in [1.82, 2.24) is 4.98 Å². The molecule has 1 aromatic carbocycles. The first-order valence-electron chi connectivity index (χ1n) is 7.25. The number of aromatic nitrogens is 1. The van der Waals surface area contributed by atoms with E-state index in [4.69, 9.17) is 0 Å². The highest BCUT2D eigenvalue weighted by Crippen LogP contribution is 2.23. The zero-order valence-corrected chi connectivity index (χ0v) is 12.8. The average molecular weight is 283 g/mol. The van der Waals surface area contributed by atoms with Crippen molar-refractivity contribution < 1.29 is 4.79 Å². The van der Waals surface area contributed by atoms with Crippen LogP contribution in [0.1, 0.15) is 29.8 Å². The second kappa shape index (κ2) is 6.88. The van der Waals surface area contributed by atoms with Gasteiger partial charge in [-0.3, -0.25) is 4.79 Å². The molecule has 110 valence electrons. The summed E-state index contributed by atoms with van der Waals surface area (Å²) in [4.78, 5) is 18.9. The van der Waals surface area contributed by atoms with E-state index in [0.29, 0.717) is 17.9 Å². The SMILES string of the molecule is CCNc1ncccc1C(=O)N(CC)c1ccccc1C. The molecule has 0 saturated carbocycles. The van der Waals surface area contributed by atoms with Crippen LogP contribution in [0.4, 0.5) is 11.5 Å². The molecule has 4 heteroatoms. The number of rotatable bonds is 5. The van der Waals surface area contributed by atoms with Crippen molar-refractivity contribution >= 4 is 17.4 Å². The molecule has 4 nitrogen and oxygen atoms in total. The van der Waals surface area contributed by atoms with Gasteiger partial charge in [-0.2, -0.15) is 0 Å². The minimum absolute atomic E-state index is 0.0316. The van der Waals surface area contributed by atoms with Gasteiger partial charge in [-0.15, -0.1) is 0 Å². The molecule has 0 aliphatic carbocycles. The van der Waals surface area contributed by atoms with Crippen molar-refractivity contribution in [2.24, 2.45) is 0 Å². The number of aryl methyl sites for hydroxylation is 1. The third-order valence-electron chi connectivity index (χ3n) is 3.35. The molecule has 0 aliphatic heterocycles. The molecular formula is C17H21N3O. The van der Waals surface area contributed by atoms with Crippen LogP contribution < -0.4 is 10.2 Å². The smallest absolute Gasteiger partial charge is 0.262 e. The Balaban J connectivity index is 2.40. The summed E-state index contributed by atoms with van der Waals surface area (Å²) >= 11 is 0. The Kier molecular flexibility index (Phi) is 4.93. The van der Waals surface area contributed by atoms with Gasteiger partial charge >= 0.3 is 0 Å².